The Balaban J connectivity index is 1.72. The Bertz CT molecular complexity index is 630. The molecule has 0 fully saturated rings. The van der Waals surface area contributed by atoms with Gasteiger partial charge in [-0.3, -0.25) is 9.89 Å². The maximum atomic E-state index is 12.1. The number of carbonyl (C=O) groups excluding carboxylic acids is 1. The third-order valence-corrected chi connectivity index (χ3v) is 3.44. The Kier molecular flexibility index (Phi) is 3.21. The summed E-state index contributed by atoms with van der Waals surface area (Å²) in [5, 5.41) is 17.8. The molecule has 2 aromatic rings. The number of carbonyl (C=O) groups is 1. The van der Waals surface area contributed by atoms with Crippen LogP contribution < -0.4 is 5.32 Å². The zero-order chi connectivity index (χ0) is 14.1. The molecule has 1 aliphatic rings. The molecule has 3 rings (SSSR count). The average molecular weight is 275 g/mol. The van der Waals surface area contributed by atoms with Crippen LogP contribution in [0.4, 0.5) is 0 Å². The number of nitrogens with zero attached hydrogens (tertiary/aromatic N) is 5. The third-order valence-electron chi connectivity index (χ3n) is 3.44. The molecular weight excluding hydrogens is 258 g/mol. The Hall–Kier alpha value is -2.25. The van der Waals surface area contributed by atoms with Gasteiger partial charge in [-0.25, -0.2) is 4.98 Å². The van der Waals surface area contributed by atoms with E-state index in [2.05, 4.69) is 35.3 Å². The maximum Gasteiger partial charge on any atom is 0.291 e. The highest BCUT2D eigenvalue weighted by Gasteiger charge is 2.23. The van der Waals surface area contributed by atoms with E-state index in [1.807, 2.05) is 13.8 Å². The first-order valence-electron chi connectivity index (χ1n) is 6.83. The Labute approximate surface area is 116 Å². The van der Waals surface area contributed by atoms with Crippen LogP contribution in [0.1, 0.15) is 54.4 Å². The van der Waals surface area contributed by atoms with Gasteiger partial charge in [-0.2, -0.15) is 0 Å². The smallest absolute Gasteiger partial charge is 0.291 e. The summed E-state index contributed by atoms with van der Waals surface area (Å²) in [4.78, 5) is 16.2. The van der Waals surface area contributed by atoms with Gasteiger partial charge in [-0.05, 0) is 13.3 Å². The Morgan fingerprint density at radius 3 is 3.10 bits per heavy atom. The molecular formula is C12H17N7O. The van der Waals surface area contributed by atoms with Crippen LogP contribution in [0.5, 0.6) is 0 Å². The van der Waals surface area contributed by atoms with Gasteiger partial charge in [0, 0.05) is 19.4 Å². The summed E-state index contributed by atoms with van der Waals surface area (Å²) in [6.07, 6.45) is 2.75. The van der Waals surface area contributed by atoms with Gasteiger partial charge >= 0.3 is 0 Å². The van der Waals surface area contributed by atoms with Crippen molar-refractivity contribution in [2.45, 2.75) is 45.7 Å². The van der Waals surface area contributed by atoms with Crippen LogP contribution >= 0.6 is 0 Å². The number of aryl methyl sites for hydroxylation is 2. The fraction of sp³-hybridized carbons (Fsp3) is 0.583. The lowest BCUT2D eigenvalue weighted by Gasteiger charge is -2.12. The second-order valence-corrected chi connectivity index (χ2v) is 4.88. The zero-order valence-corrected chi connectivity index (χ0v) is 11.6. The van der Waals surface area contributed by atoms with E-state index in [-0.39, 0.29) is 17.8 Å². The van der Waals surface area contributed by atoms with Gasteiger partial charge in [0.2, 0.25) is 5.82 Å². The van der Waals surface area contributed by atoms with Crippen molar-refractivity contribution in [2.75, 3.05) is 0 Å². The molecule has 0 aromatic carbocycles. The number of H-pyrrole nitrogens is 1. The molecule has 0 spiro atoms. The first-order chi connectivity index (χ1) is 9.69. The second kappa shape index (κ2) is 5.03. The van der Waals surface area contributed by atoms with E-state index in [1.54, 1.807) is 0 Å². The summed E-state index contributed by atoms with van der Waals surface area (Å²) in [5.74, 6) is 2.34. The van der Waals surface area contributed by atoms with Gasteiger partial charge in [0.25, 0.3) is 5.91 Å². The molecule has 3 heterocycles. The van der Waals surface area contributed by atoms with E-state index in [4.69, 9.17) is 0 Å². The minimum absolute atomic E-state index is 0.162. The van der Waals surface area contributed by atoms with E-state index in [0.29, 0.717) is 12.2 Å². The maximum absolute atomic E-state index is 12.1. The van der Waals surface area contributed by atoms with E-state index >= 15 is 0 Å². The molecule has 2 N–H and O–H groups in total. The summed E-state index contributed by atoms with van der Waals surface area (Å²) < 4.78 is 2.07. The number of rotatable bonds is 4. The normalized spacial score (nSPS) is 15.1. The highest BCUT2D eigenvalue weighted by Crippen LogP contribution is 2.18. The third kappa shape index (κ3) is 2.17. The summed E-state index contributed by atoms with van der Waals surface area (Å²) in [7, 11) is 0. The van der Waals surface area contributed by atoms with Crippen LogP contribution in [0.25, 0.3) is 0 Å². The molecule has 0 aliphatic carbocycles. The molecule has 2 aromatic heterocycles. The molecule has 8 nitrogen and oxygen atoms in total. The lowest BCUT2D eigenvalue weighted by Crippen LogP contribution is -2.29. The molecule has 1 aliphatic heterocycles. The van der Waals surface area contributed by atoms with Crippen LogP contribution in [-0.4, -0.2) is 35.9 Å². The van der Waals surface area contributed by atoms with Crippen LogP contribution in [0.15, 0.2) is 0 Å². The van der Waals surface area contributed by atoms with Gasteiger partial charge in [0.05, 0.1) is 6.04 Å². The molecule has 106 valence electrons. The van der Waals surface area contributed by atoms with Crippen molar-refractivity contribution in [3.8, 4) is 0 Å². The van der Waals surface area contributed by atoms with E-state index in [1.165, 1.54) is 0 Å². The summed E-state index contributed by atoms with van der Waals surface area (Å²) in [6.45, 7) is 4.75. The molecule has 0 saturated heterocycles. The fourth-order valence-corrected chi connectivity index (χ4v) is 2.37. The van der Waals surface area contributed by atoms with Crippen molar-refractivity contribution in [2.24, 2.45) is 0 Å². The SMILES string of the molecule is CCc1nc(C(=O)NC(C)c2nnc3n2CCC3)n[nH]1. The van der Waals surface area contributed by atoms with Crippen LogP contribution in [-0.2, 0) is 19.4 Å². The molecule has 1 unspecified atom stereocenters. The average Bonchev–Trinajstić information content (AvgIpc) is 3.14. The van der Waals surface area contributed by atoms with Crippen molar-refractivity contribution >= 4 is 5.91 Å². The van der Waals surface area contributed by atoms with E-state index in [9.17, 15) is 4.79 Å². The number of amides is 1. The quantitative estimate of drug-likeness (QED) is 0.840. The van der Waals surface area contributed by atoms with E-state index < -0.39 is 0 Å². The van der Waals surface area contributed by atoms with Gasteiger partial charge < -0.3 is 9.88 Å². The fourth-order valence-electron chi connectivity index (χ4n) is 2.37. The molecule has 8 heteroatoms. The predicted molar refractivity (Wildman–Crippen MR) is 70.0 cm³/mol. The van der Waals surface area contributed by atoms with Crippen molar-refractivity contribution in [3.05, 3.63) is 23.3 Å². The van der Waals surface area contributed by atoms with Crippen LogP contribution in [0, 0.1) is 0 Å². The number of hydrogen-bond donors (Lipinski definition) is 2. The molecule has 0 radical (unpaired) electrons. The number of aromatic nitrogens is 6. The largest absolute Gasteiger partial charge is 0.340 e. The number of fused-ring (bicyclic) bond motifs is 1. The first-order valence-corrected chi connectivity index (χ1v) is 6.83. The Morgan fingerprint density at radius 1 is 1.50 bits per heavy atom. The molecule has 0 bridgehead atoms. The zero-order valence-electron chi connectivity index (χ0n) is 11.6. The molecule has 1 atom stereocenters. The highest BCUT2D eigenvalue weighted by molar-refractivity contribution is 5.90. The van der Waals surface area contributed by atoms with Gasteiger partial charge in [0.1, 0.15) is 11.6 Å². The summed E-state index contributed by atoms with van der Waals surface area (Å²) in [6, 6.07) is -0.217. The highest BCUT2D eigenvalue weighted by atomic mass is 16.2. The molecule has 20 heavy (non-hydrogen) atoms. The molecule has 0 saturated carbocycles. The monoisotopic (exact) mass is 275 g/mol. The lowest BCUT2D eigenvalue weighted by molar-refractivity contribution is 0.0927. The number of aromatic amines is 1. The lowest BCUT2D eigenvalue weighted by atomic mass is 10.3. The standard InChI is InChI=1S/C12H17N7O/c1-3-8-14-10(17-15-8)12(20)13-7(2)11-18-16-9-5-4-6-19(9)11/h7H,3-6H2,1-2H3,(H,13,20)(H,14,15,17). The summed E-state index contributed by atoms with van der Waals surface area (Å²) in [5.41, 5.74) is 0. The van der Waals surface area contributed by atoms with Gasteiger partial charge in [0.15, 0.2) is 5.82 Å². The molecule has 1 amide bonds. The van der Waals surface area contributed by atoms with Crippen molar-refractivity contribution in [3.63, 3.8) is 0 Å². The van der Waals surface area contributed by atoms with Gasteiger partial charge in [-0.1, -0.05) is 6.92 Å². The Morgan fingerprint density at radius 2 is 2.35 bits per heavy atom. The topological polar surface area (TPSA) is 101 Å². The number of nitrogens with one attached hydrogen (secondary N) is 2. The van der Waals surface area contributed by atoms with Gasteiger partial charge in [-0.15, -0.1) is 15.3 Å². The second-order valence-electron chi connectivity index (χ2n) is 4.88. The van der Waals surface area contributed by atoms with Crippen molar-refractivity contribution in [1.29, 1.82) is 0 Å². The van der Waals surface area contributed by atoms with Crippen LogP contribution in [0.3, 0.4) is 0 Å². The van der Waals surface area contributed by atoms with Crippen LogP contribution in [0.2, 0.25) is 0 Å². The first kappa shape index (κ1) is 12.8. The van der Waals surface area contributed by atoms with E-state index in [0.717, 1.165) is 31.0 Å². The minimum Gasteiger partial charge on any atom is -0.340 e. The summed E-state index contributed by atoms with van der Waals surface area (Å²) >= 11 is 0. The number of hydrogen-bond acceptors (Lipinski definition) is 5. The minimum atomic E-state index is -0.302. The van der Waals surface area contributed by atoms with Crippen molar-refractivity contribution in [1.82, 2.24) is 35.3 Å². The van der Waals surface area contributed by atoms with Crippen molar-refractivity contribution < 1.29 is 4.79 Å². The predicted octanol–water partition coefficient (Wildman–Crippen LogP) is 0.396.